The Kier molecular flexibility index (Phi) is 6.06. The minimum Gasteiger partial charge on any atom is -0.393 e. The van der Waals surface area contributed by atoms with Crippen molar-refractivity contribution in [1.82, 2.24) is 0 Å². The van der Waals surface area contributed by atoms with Crippen LogP contribution in [0.1, 0.15) is 65.0 Å². The van der Waals surface area contributed by atoms with Crippen molar-refractivity contribution in [2.75, 3.05) is 0 Å². The van der Waals surface area contributed by atoms with Crippen LogP contribution in [0.25, 0.3) is 0 Å². The molecule has 1 N–H and O–H groups in total. The third-order valence-electron chi connectivity index (χ3n) is 4.25. The zero-order valence-corrected chi connectivity index (χ0v) is 13.2. The van der Waals surface area contributed by atoms with E-state index in [1.165, 1.54) is 17.5 Å². The maximum Gasteiger partial charge on any atom is 0.0557 e. The van der Waals surface area contributed by atoms with Crippen molar-refractivity contribution in [3.63, 3.8) is 0 Å². The lowest BCUT2D eigenvalue weighted by atomic mass is 9.64. The molecule has 1 heteroatoms. The van der Waals surface area contributed by atoms with Crippen LogP contribution >= 0.6 is 0 Å². The Bertz CT molecular complexity index is 358. The Hall–Kier alpha value is -0.820. The summed E-state index contributed by atoms with van der Waals surface area (Å²) in [6.07, 6.45) is 4.15. The summed E-state index contributed by atoms with van der Waals surface area (Å²) >= 11 is 0. The second-order valence-corrected chi connectivity index (χ2v) is 6.48. The Morgan fingerprint density at radius 3 is 1.95 bits per heavy atom. The van der Waals surface area contributed by atoms with Crippen LogP contribution in [-0.4, -0.2) is 11.2 Å². The highest BCUT2D eigenvalue weighted by molar-refractivity contribution is 5.31. The molecule has 0 unspecified atom stereocenters. The predicted octanol–water partition coefficient (Wildman–Crippen LogP) is 4.71. The summed E-state index contributed by atoms with van der Waals surface area (Å²) in [6, 6.07) is 8.83. The van der Waals surface area contributed by atoms with Gasteiger partial charge in [-0.2, -0.15) is 0 Å². The lowest BCUT2D eigenvalue weighted by Crippen LogP contribution is -2.41. The molecular weight excluding hydrogens is 232 g/mol. The van der Waals surface area contributed by atoms with Crippen molar-refractivity contribution in [3.8, 4) is 0 Å². The van der Waals surface area contributed by atoms with E-state index in [0.29, 0.717) is 0 Å². The van der Waals surface area contributed by atoms with E-state index in [-0.39, 0.29) is 11.5 Å². The van der Waals surface area contributed by atoms with Crippen molar-refractivity contribution in [2.24, 2.45) is 5.92 Å². The third kappa shape index (κ3) is 4.65. The molecule has 0 aliphatic heterocycles. The van der Waals surface area contributed by atoms with Crippen molar-refractivity contribution >= 4 is 0 Å². The standard InChI is InChI=1S/C13H18O.C5H12/c1-3-10-4-6-11(7-5-10)13(2)8-12(14)9-13;1-4-5(2)3/h4-7,12,14H,3,8-9H2,1-2H3;5H,4H2,1-3H3. The first-order chi connectivity index (χ1) is 8.91. The van der Waals surface area contributed by atoms with Crippen LogP contribution in [0.3, 0.4) is 0 Å². The summed E-state index contributed by atoms with van der Waals surface area (Å²) in [7, 11) is 0. The molecule has 0 bridgehead atoms. The zero-order valence-electron chi connectivity index (χ0n) is 13.2. The zero-order chi connectivity index (χ0) is 14.5. The summed E-state index contributed by atoms with van der Waals surface area (Å²) in [6.45, 7) is 11.1. The van der Waals surface area contributed by atoms with Crippen LogP contribution in [0.4, 0.5) is 0 Å². The molecule has 2 rings (SSSR count). The number of benzene rings is 1. The highest BCUT2D eigenvalue weighted by Crippen LogP contribution is 2.43. The number of hydrogen-bond acceptors (Lipinski definition) is 1. The van der Waals surface area contributed by atoms with Gasteiger partial charge < -0.3 is 5.11 Å². The monoisotopic (exact) mass is 262 g/mol. The summed E-state index contributed by atoms with van der Waals surface area (Å²) < 4.78 is 0. The molecule has 19 heavy (non-hydrogen) atoms. The van der Waals surface area contributed by atoms with Gasteiger partial charge in [0.2, 0.25) is 0 Å². The van der Waals surface area contributed by atoms with Gasteiger partial charge in [-0.3, -0.25) is 0 Å². The van der Waals surface area contributed by atoms with Gasteiger partial charge in [0.05, 0.1) is 6.10 Å². The molecule has 0 radical (unpaired) electrons. The second kappa shape index (κ2) is 7.09. The van der Waals surface area contributed by atoms with Crippen molar-refractivity contribution in [1.29, 1.82) is 0 Å². The van der Waals surface area contributed by atoms with E-state index in [1.807, 2.05) is 0 Å². The first kappa shape index (κ1) is 16.2. The predicted molar refractivity (Wildman–Crippen MR) is 83.5 cm³/mol. The average molecular weight is 262 g/mol. The van der Waals surface area contributed by atoms with Gasteiger partial charge in [-0.15, -0.1) is 0 Å². The quantitative estimate of drug-likeness (QED) is 0.836. The van der Waals surface area contributed by atoms with Crippen LogP contribution in [0.5, 0.6) is 0 Å². The van der Waals surface area contributed by atoms with Gasteiger partial charge in [-0.1, -0.05) is 65.3 Å². The molecule has 1 aromatic carbocycles. The van der Waals surface area contributed by atoms with Crippen LogP contribution in [0.2, 0.25) is 0 Å². The maximum atomic E-state index is 9.35. The van der Waals surface area contributed by atoms with Crippen molar-refractivity contribution in [2.45, 2.75) is 71.8 Å². The Morgan fingerprint density at radius 2 is 1.63 bits per heavy atom. The molecule has 0 spiro atoms. The average Bonchev–Trinajstić information content (AvgIpc) is 2.38. The van der Waals surface area contributed by atoms with Gasteiger partial charge >= 0.3 is 0 Å². The largest absolute Gasteiger partial charge is 0.393 e. The fourth-order valence-electron chi connectivity index (χ4n) is 2.36. The van der Waals surface area contributed by atoms with E-state index in [9.17, 15) is 5.11 Å². The van der Waals surface area contributed by atoms with Gasteiger partial charge in [-0.25, -0.2) is 0 Å². The van der Waals surface area contributed by atoms with Crippen LogP contribution in [-0.2, 0) is 11.8 Å². The lowest BCUT2D eigenvalue weighted by molar-refractivity contribution is 0.0273. The molecule has 1 fully saturated rings. The molecule has 1 saturated carbocycles. The SMILES string of the molecule is CCC(C)C.CCc1ccc(C2(C)CC(O)C2)cc1. The van der Waals surface area contributed by atoms with E-state index >= 15 is 0 Å². The maximum absolute atomic E-state index is 9.35. The first-order valence-electron chi connectivity index (χ1n) is 7.68. The van der Waals surface area contributed by atoms with Crippen LogP contribution in [0, 0.1) is 5.92 Å². The molecule has 1 aliphatic rings. The van der Waals surface area contributed by atoms with Crippen LogP contribution < -0.4 is 0 Å². The smallest absolute Gasteiger partial charge is 0.0557 e. The number of aliphatic hydroxyl groups excluding tert-OH is 1. The van der Waals surface area contributed by atoms with E-state index < -0.39 is 0 Å². The van der Waals surface area contributed by atoms with Crippen LogP contribution in [0.15, 0.2) is 24.3 Å². The second-order valence-electron chi connectivity index (χ2n) is 6.48. The Labute approximate surface area is 119 Å². The summed E-state index contributed by atoms with van der Waals surface area (Å²) in [5, 5.41) is 9.35. The van der Waals surface area contributed by atoms with E-state index in [2.05, 4.69) is 58.9 Å². The van der Waals surface area contributed by atoms with Crippen molar-refractivity contribution < 1.29 is 5.11 Å². The van der Waals surface area contributed by atoms with E-state index in [1.54, 1.807) is 0 Å². The summed E-state index contributed by atoms with van der Waals surface area (Å²) in [5.41, 5.74) is 2.99. The number of hydrogen-bond donors (Lipinski definition) is 1. The topological polar surface area (TPSA) is 20.2 Å². The molecule has 0 atom stereocenters. The molecule has 1 nitrogen and oxygen atoms in total. The fraction of sp³-hybridized carbons (Fsp3) is 0.667. The first-order valence-corrected chi connectivity index (χ1v) is 7.68. The molecule has 0 saturated heterocycles. The summed E-state index contributed by atoms with van der Waals surface area (Å²) in [4.78, 5) is 0. The molecule has 0 heterocycles. The molecule has 0 aromatic heterocycles. The lowest BCUT2D eigenvalue weighted by Gasteiger charge is -2.43. The van der Waals surface area contributed by atoms with E-state index in [0.717, 1.165) is 25.2 Å². The molecule has 0 amide bonds. The minimum absolute atomic E-state index is 0.0779. The molecule has 1 aliphatic carbocycles. The summed E-state index contributed by atoms with van der Waals surface area (Å²) in [5.74, 6) is 0.884. The Morgan fingerprint density at radius 1 is 1.16 bits per heavy atom. The molecular formula is C18H30O. The highest BCUT2D eigenvalue weighted by Gasteiger charge is 2.40. The van der Waals surface area contributed by atoms with E-state index in [4.69, 9.17) is 0 Å². The number of aryl methyl sites for hydroxylation is 1. The number of aliphatic hydroxyl groups is 1. The van der Waals surface area contributed by atoms with Gasteiger partial charge in [0, 0.05) is 0 Å². The minimum atomic E-state index is -0.0779. The normalized spacial score (nSPS) is 25.5. The fourth-order valence-corrected chi connectivity index (χ4v) is 2.36. The van der Waals surface area contributed by atoms with Gasteiger partial charge in [0.1, 0.15) is 0 Å². The van der Waals surface area contributed by atoms with Crippen molar-refractivity contribution in [3.05, 3.63) is 35.4 Å². The Balaban J connectivity index is 0.000000312. The molecule has 1 aromatic rings. The number of rotatable bonds is 3. The van der Waals surface area contributed by atoms with Gasteiger partial charge in [-0.05, 0) is 41.7 Å². The highest BCUT2D eigenvalue weighted by atomic mass is 16.3. The van der Waals surface area contributed by atoms with Gasteiger partial charge in [0.15, 0.2) is 0 Å². The molecule has 108 valence electrons. The third-order valence-corrected chi connectivity index (χ3v) is 4.25. The van der Waals surface area contributed by atoms with Gasteiger partial charge in [0.25, 0.3) is 0 Å².